The lowest BCUT2D eigenvalue weighted by atomic mass is 9.94. The van der Waals surface area contributed by atoms with Crippen LogP contribution in [0.2, 0.25) is 0 Å². The fourth-order valence-electron chi connectivity index (χ4n) is 2.16. The van der Waals surface area contributed by atoms with Crippen LogP contribution in [0.1, 0.15) is 31.6 Å². The van der Waals surface area contributed by atoms with Crippen molar-refractivity contribution in [1.82, 2.24) is 9.78 Å². The zero-order valence-corrected chi connectivity index (χ0v) is 11.0. The molecule has 0 aliphatic carbocycles. The molecule has 1 aromatic heterocycles. The average Bonchev–Trinajstić information content (AvgIpc) is 2.70. The van der Waals surface area contributed by atoms with E-state index in [1.54, 1.807) is 6.20 Å². The van der Waals surface area contributed by atoms with Gasteiger partial charge in [-0.15, -0.1) is 0 Å². The molecule has 16 heavy (non-hydrogen) atoms. The van der Waals surface area contributed by atoms with Crippen LogP contribution in [0.3, 0.4) is 0 Å². The Bertz CT molecular complexity index is 348. The van der Waals surface area contributed by atoms with Crippen molar-refractivity contribution in [3.63, 3.8) is 0 Å². The fraction of sp³-hybridized carbons (Fsp3) is 0.727. The molecule has 2 unspecified atom stereocenters. The summed E-state index contributed by atoms with van der Waals surface area (Å²) < 4.78 is 8.13. The van der Waals surface area contributed by atoms with Gasteiger partial charge in [0, 0.05) is 19.1 Å². The molecule has 0 spiro atoms. The van der Waals surface area contributed by atoms with Gasteiger partial charge in [0.15, 0.2) is 0 Å². The number of halogens is 1. The van der Waals surface area contributed by atoms with E-state index >= 15 is 0 Å². The monoisotopic (exact) mass is 288 g/mol. The van der Waals surface area contributed by atoms with E-state index in [-0.39, 0.29) is 5.92 Å². The second-order valence-corrected chi connectivity index (χ2v) is 4.97. The maximum atomic E-state index is 10.4. The average molecular weight is 289 g/mol. The number of ether oxygens (including phenoxy) is 1. The minimum Gasteiger partial charge on any atom is -0.386 e. The van der Waals surface area contributed by atoms with Crippen LogP contribution in [0.25, 0.3) is 0 Å². The molecule has 1 N–H and O–H groups in total. The van der Waals surface area contributed by atoms with Crippen molar-refractivity contribution in [3.05, 3.63) is 16.4 Å². The van der Waals surface area contributed by atoms with Crippen LogP contribution in [0, 0.1) is 5.92 Å². The smallest absolute Gasteiger partial charge is 0.102 e. The molecule has 2 rings (SSSR count). The Balaban J connectivity index is 2.18. The Morgan fingerprint density at radius 1 is 1.75 bits per heavy atom. The lowest BCUT2D eigenvalue weighted by molar-refractivity contribution is -0.0134. The van der Waals surface area contributed by atoms with Crippen molar-refractivity contribution < 1.29 is 9.84 Å². The predicted octanol–water partition coefficient (Wildman–Crippen LogP) is 2.13. The number of aliphatic hydroxyl groups is 1. The zero-order chi connectivity index (χ0) is 11.5. The molecule has 2 heterocycles. The summed E-state index contributed by atoms with van der Waals surface area (Å²) in [5.74, 6) is 0.187. The van der Waals surface area contributed by atoms with Crippen molar-refractivity contribution in [2.75, 3.05) is 13.2 Å². The highest BCUT2D eigenvalue weighted by atomic mass is 79.9. The largest absolute Gasteiger partial charge is 0.386 e. The third kappa shape index (κ3) is 2.31. The second kappa shape index (κ2) is 5.29. The third-order valence-corrected chi connectivity index (χ3v) is 3.67. The van der Waals surface area contributed by atoms with Crippen LogP contribution < -0.4 is 0 Å². The summed E-state index contributed by atoms with van der Waals surface area (Å²) in [6, 6.07) is 0. The Labute approximate surface area is 104 Å². The van der Waals surface area contributed by atoms with Gasteiger partial charge in [-0.2, -0.15) is 5.10 Å². The highest BCUT2D eigenvalue weighted by molar-refractivity contribution is 9.10. The van der Waals surface area contributed by atoms with Gasteiger partial charge >= 0.3 is 0 Å². The highest BCUT2D eigenvalue weighted by Gasteiger charge is 2.27. The van der Waals surface area contributed by atoms with Crippen molar-refractivity contribution in [2.24, 2.45) is 5.92 Å². The lowest BCUT2D eigenvalue weighted by Gasteiger charge is -2.27. The Kier molecular flexibility index (Phi) is 4.00. The number of rotatable bonds is 3. The SMILES string of the molecule is CCn1ncc(Br)c1C(O)C1CCCOC1. The normalized spacial score (nSPS) is 23.3. The molecule has 0 bridgehead atoms. The van der Waals surface area contributed by atoms with Gasteiger partial charge in [0.25, 0.3) is 0 Å². The standard InChI is InChI=1S/C11H17BrN2O2/c1-2-14-10(9(12)6-13-14)11(15)8-4-3-5-16-7-8/h6,8,11,15H,2-5,7H2,1H3. The number of nitrogens with zero attached hydrogens (tertiary/aromatic N) is 2. The number of hydrogen-bond donors (Lipinski definition) is 1. The first-order valence-electron chi connectivity index (χ1n) is 5.71. The molecule has 1 saturated heterocycles. The third-order valence-electron chi connectivity index (χ3n) is 3.05. The number of aromatic nitrogens is 2. The first-order chi connectivity index (χ1) is 7.74. The fourth-order valence-corrected chi connectivity index (χ4v) is 2.69. The Morgan fingerprint density at radius 2 is 2.56 bits per heavy atom. The molecule has 0 amide bonds. The predicted molar refractivity (Wildman–Crippen MR) is 64.1 cm³/mol. The van der Waals surface area contributed by atoms with E-state index in [1.165, 1.54) is 0 Å². The first-order valence-corrected chi connectivity index (χ1v) is 6.50. The maximum Gasteiger partial charge on any atom is 0.102 e. The highest BCUT2D eigenvalue weighted by Crippen LogP contribution is 2.32. The van der Waals surface area contributed by atoms with E-state index in [9.17, 15) is 5.11 Å². The molecule has 1 fully saturated rings. The first kappa shape index (κ1) is 12.1. The molecule has 2 atom stereocenters. The summed E-state index contributed by atoms with van der Waals surface area (Å²) in [7, 11) is 0. The molecule has 0 aromatic carbocycles. The summed E-state index contributed by atoms with van der Waals surface area (Å²) in [5.41, 5.74) is 0.873. The van der Waals surface area contributed by atoms with Crippen LogP contribution >= 0.6 is 15.9 Å². The molecule has 4 nitrogen and oxygen atoms in total. The van der Waals surface area contributed by atoms with Crippen molar-refractivity contribution in [2.45, 2.75) is 32.4 Å². The van der Waals surface area contributed by atoms with E-state index < -0.39 is 6.10 Å². The van der Waals surface area contributed by atoms with Gasteiger partial charge in [-0.1, -0.05) is 0 Å². The number of aliphatic hydroxyl groups excluding tert-OH is 1. The van der Waals surface area contributed by atoms with Crippen molar-refractivity contribution in [3.8, 4) is 0 Å². The van der Waals surface area contributed by atoms with E-state index in [1.807, 2.05) is 11.6 Å². The van der Waals surface area contributed by atoms with Gasteiger partial charge < -0.3 is 9.84 Å². The van der Waals surface area contributed by atoms with Gasteiger partial charge in [0.2, 0.25) is 0 Å². The molecule has 5 heteroatoms. The van der Waals surface area contributed by atoms with E-state index in [4.69, 9.17) is 4.74 Å². The molecule has 90 valence electrons. The summed E-state index contributed by atoms with van der Waals surface area (Å²) in [5, 5.41) is 14.6. The summed E-state index contributed by atoms with van der Waals surface area (Å²) >= 11 is 3.44. The van der Waals surface area contributed by atoms with Crippen LogP contribution in [-0.4, -0.2) is 28.1 Å². The van der Waals surface area contributed by atoms with E-state index in [0.717, 1.165) is 36.2 Å². The summed E-state index contributed by atoms with van der Waals surface area (Å²) in [4.78, 5) is 0. The Hall–Kier alpha value is -0.390. The second-order valence-electron chi connectivity index (χ2n) is 4.12. The van der Waals surface area contributed by atoms with Gasteiger partial charge in [-0.05, 0) is 35.7 Å². The summed E-state index contributed by atoms with van der Waals surface area (Å²) in [6.07, 6.45) is 3.30. The molecular formula is C11H17BrN2O2. The maximum absolute atomic E-state index is 10.4. The van der Waals surface area contributed by atoms with Crippen LogP contribution in [0.5, 0.6) is 0 Å². The molecule has 1 aliphatic rings. The molecule has 0 radical (unpaired) electrons. The van der Waals surface area contributed by atoms with Crippen LogP contribution in [0.4, 0.5) is 0 Å². The summed E-state index contributed by atoms with van der Waals surface area (Å²) in [6.45, 7) is 4.25. The van der Waals surface area contributed by atoms with Crippen molar-refractivity contribution >= 4 is 15.9 Å². The number of aryl methyl sites for hydroxylation is 1. The lowest BCUT2D eigenvalue weighted by Crippen LogP contribution is -2.25. The van der Waals surface area contributed by atoms with Crippen LogP contribution in [0.15, 0.2) is 10.7 Å². The molecule has 1 aromatic rings. The quantitative estimate of drug-likeness (QED) is 0.927. The number of hydrogen-bond acceptors (Lipinski definition) is 3. The minimum absolute atomic E-state index is 0.187. The van der Waals surface area contributed by atoms with Gasteiger partial charge in [0.05, 0.1) is 23.0 Å². The molecule has 1 aliphatic heterocycles. The Morgan fingerprint density at radius 3 is 3.19 bits per heavy atom. The van der Waals surface area contributed by atoms with Gasteiger partial charge in [-0.3, -0.25) is 4.68 Å². The van der Waals surface area contributed by atoms with Crippen molar-refractivity contribution in [1.29, 1.82) is 0 Å². The topological polar surface area (TPSA) is 47.3 Å². The minimum atomic E-state index is -0.489. The van der Waals surface area contributed by atoms with Gasteiger partial charge in [-0.25, -0.2) is 0 Å². The van der Waals surface area contributed by atoms with Gasteiger partial charge in [0.1, 0.15) is 6.10 Å². The zero-order valence-electron chi connectivity index (χ0n) is 9.40. The van der Waals surface area contributed by atoms with E-state index in [2.05, 4.69) is 21.0 Å². The molecule has 0 saturated carbocycles. The van der Waals surface area contributed by atoms with E-state index in [0.29, 0.717) is 6.61 Å². The molecular weight excluding hydrogens is 272 g/mol. The van der Waals surface area contributed by atoms with Crippen LogP contribution in [-0.2, 0) is 11.3 Å².